The molecule has 0 saturated carbocycles. The number of hydrogen-bond acceptors (Lipinski definition) is 3. The highest BCUT2D eigenvalue weighted by molar-refractivity contribution is 5.38. The number of pyridine rings is 1. The Morgan fingerprint density at radius 2 is 2.06 bits per heavy atom. The molecule has 0 radical (unpaired) electrons. The van der Waals surface area contributed by atoms with E-state index in [1.807, 2.05) is 24.3 Å². The molecule has 0 aliphatic carbocycles. The number of benzene rings is 1. The molecular formula is C14H16N2O. The Hall–Kier alpha value is -1.87. The summed E-state index contributed by atoms with van der Waals surface area (Å²) >= 11 is 0. The predicted octanol–water partition coefficient (Wildman–Crippen LogP) is 2.45. The Labute approximate surface area is 101 Å². The maximum atomic E-state index is 6.24. The number of methoxy groups -OCH3 is 1. The molecule has 0 spiro atoms. The van der Waals surface area contributed by atoms with Crippen LogP contribution >= 0.6 is 0 Å². The van der Waals surface area contributed by atoms with Crippen LogP contribution in [0.5, 0.6) is 5.88 Å². The number of aromatic nitrogens is 1. The summed E-state index contributed by atoms with van der Waals surface area (Å²) in [5, 5.41) is 0. The number of nitrogens with two attached hydrogens (primary N) is 1. The van der Waals surface area contributed by atoms with Crippen LogP contribution in [0.4, 0.5) is 0 Å². The van der Waals surface area contributed by atoms with E-state index < -0.39 is 0 Å². The molecule has 0 bridgehead atoms. The van der Waals surface area contributed by atoms with Gasteiger partial charge in [-0.05, 0) is 18.6 Å². The first kappa shape index (κ1) is 11.6. The fraction of sp³-hybridized carbons (Fsp3) is 0.214. The Bertz CT molecular complexity index is 511. The summed E-state index contributed by atoms with van der Waals surface area (Å²) < 4.78 is 5.23. The molecule has 2 rings (SSSR count). The number of rotatable bonds is 3. The van der Waals surface area contributed by atoms with Crippen LogP contribution in [0.3, 0.4) is 0 Å². The van der Waals surface area contributed by atoms with Crippen LogP contribution in [0.15, 0.2) is 42.6 Å². The van der Waals surface area contributed by atoms with Crippen molar-refractivity contribution in [2.24, 2.45) is 5.73 Å². The summed E-state index contributed by atoms with van der Waals surface area (Å²) in [6, 6.07) is 11.8. The summed E-state index contributed by atoms with van der Waals surface area (Å²) in [5.74, 6) is 0.585. The van der Waals surface area contributed by atoms with Crippen LogP contribution in [-0.4, -0.2) is 12.1 Å². The third-order valence-corrected chi connectivity index (χ3v) is 2.73. The predicted molar refractivity (Wildman–Crippen MR) is 68.0 cm³/mol. The maximum absolute atomic E-state index is 6.24. The second-order valence-electron chi connectivity index (χ2n) is 3.99. The van der Waals surface area contributed by atoms with Gasteiger partial charge in [-0.1, -0.05) is 35.9 Å². The second kappa shape index (κ2) is 4.97. The zero-order valence-corrected chi connectivity index (χ0v) is 10.1. The first-order valence-electron chi connectivity index (χ1n) is 5.53. The molecule has 1 aromatic heterocycles. The van der Waals surface area contributed by atoms with Crippen LogP contribution in [0.1, 0.15) is 22.7 Å². The van der Waals surface area contributed by atoms with Crippen LogP contribution in [0, 0.1) is 6.92 Å². The molecular weight excluding hydrogens is 212 g/mol. The minimum absolute atomic E-state index is 0.210. The molecule has 1 unspecified atom stereocenters. The van der Waals surface area contributed by atoms with E-state index in [2.05, 4.69) is 24.0 Å². The average molecular weight is 228 g/mol. The summed E-state index contributed by atoms with van der Waals surface area (Å²) in [6.07, 6.45) is 1.70. The lowest BCUT2D eigenvalue weighted by molar-refractivity contribution is 0.390. The van der Waals surface area contributed by atoms with Gasteiger partial charge in [-0.2, -0.15) is 0 Å². The fourth-order valence-corrected chi connectivity index (χ4v) is 1.85. The lowest BCUT2D eigenvalue weighted by atomic mass is 9.99. The van der Waals surface area contributed by atoms with Gasteiger partial charge >= 0.3 is 0 Å². The lowest BCUT2D eigenvalue weighted by Gasteiger charge is -2.15. The SMILES string of the molecule is COc1ncccc1C(N)c1cccc(C)c1. The van der Waals surface area contributed by atoms with Gasteiger partial charge < -0.3 is 10.5 Å². The largest absolute Gasteiger partial charge is 0.481 e. The molecule has 0 aliphatic rings. The highest BCUT2D eigenvalue weighted by Crippen LogP contribution is 2.26. The van der Waals surface area contributed by atoms with Crippen molar-refractivity contribution in [1.29, 1.82) is 0 Å². The second-order valence-corrected chi connectivity index (χ2v) is 3.99. The zero-order valence-electron chi connectivity index (χ0n) is 10.1. The van der Waals surface area contributed by atoms with Gasteiger partial charge in [0.05, 0.1) is 13.2 Å². The van der Waals surface area contributed by atoms with E-state index >= 15 is 0 Å². The summed E-state index contributed by atoms with van der Waals surface area (Å²) in [4.78, 5) is 4.16. The zero-order chi connectivity index (χ0) is 12.3. The first-order chi connectivity index (χ1) is 8.22. The summed E-state index contributed by atoms with van der Waals surface area (Å²) in [5.41, 5.74) is 9.41. The van der Waals surface area contributed by atoms with Gasteiger partial charge in [0.1, 0.15) is 0 Å². The van der Waals surface area contributed by atoms with Crippen molar-refractivity contribution in [1.82, 2.24) is 4.98 Å². The third-order valence-electron chi connectivity index (χ3n) is 2.73. The summed E-state index contributed by atoms with van der Waals surface area (Å²) in [7, 11) is 1.61. The Kier molecular flexibility index (Phi) is 3.40. The van der Waals surface area contributed by atoms with Crippen molar-refractivity contribution < 1.29 is 4.74 Å². The van der Waals surface area contributed by atoms with Crippen molar-refractivity contribution in [3.05, 3.63) is 59.3 Å². The minimum Gasteiger partial charge on any atom is -0.481 e. The standard InChI is InChI=1S/C14H16N2O/c1-10-5-3-6-11(9-10)13(15)12-7-4-8-16-14(12)17-2/h3-9,13H,15H2,1-2H3. The average Bonchev–Trinajstić information content (AvgIpc) is 2.38. The third kappa shape index (κ3) is 2.45. The number of hydrogen-bond donors (Lipinski definition) is 1. The van der Waals surface area contributed by atoms with E-state index in [-0.39, 0.29) is 6.04 Å². The molecule has 0 saturated heterocycles. The van der Waals surface area contributed by atoms with E-state index in [0.29, 0.717) is 5.88 Å². The van der Waals surface area contributed by atoms with Crippen molar-refractivity contribution in [2.45, 2.75) is 13.0 Å². The Balaban J connectivity index is 2.40. The van der Waals surface area contributed by atoms with Gasteiger partial charge in [0, 0.05) is 11.8 Å². The smallest absolute Gasteiger partial charge is 0.218 e. The molecule has 3 nitrogen and oxygen atoms in total. The topological polar surface area (TPSA) is 48.1 Å². The lowest BCUT2D eigenvalue weighted by Crippen LogP contribution is -2.13. The van der Waals surface area contributed by atoms with Gasteiger partial charge in [-0.15, -0.1) is 0 Å². The van der Waals surface area contributed by atoms with Crippen LogP contribution in [-0.2, 0) is 0 Å². The van der Waals surface area contributed by atoms with Gasteiger partial charge in [-0.25, -0.2) is 4.98 Å². The Morgan fingerprint density at radius 1 is 1.24 bits per heavy atom. The van der Waals surface area contributed by atoms with E-state index in [1.165, 1.54) is 5.56 Å². The number of nitrogens with zero attached hydrogens (tertiary/aromatic N) is 1. The van der Waals surface area contributed by atoms with Crippen LogP contribution in [0.2, 0.25) is 0 Å². The molecule has 3 heteroatoms. The summed E-state index contributed by atoms with van der Waals surface area (Å²) in [6.45, 7) is 2.05. The number of aryl methyl sites for hydroxylation is 1. The van der Waals surface area contributed by atoms with E-state index in [0.717, 1.165) is 11.1 Å². The van der Waals surface area contributed by atoms with Crippen molar-refractivity contribution in [3.63, 3.8) is 0 Å². The molecule has 0 aliphatic heterocycles. The monoisotopic (exact) mass is 228 g/mol. The maximum Gasteiger partial charge on any atom is 0.218 e. The molecule has 2 N–H and O–H groups in total. The first-order valence-corrected chi connectivity index (χ1v) is 5.53. The van der Waals surface area contributed by atoms with Gasteiger partial charge in [0.25, 0.3) is 0 Å². The quantitative estimate of drug-likeness (QED) is 0.877. The molecule has 0 fully saturated rings. The molecule has 1 heterocycles. The molecule has 2 aromatic rings. The van der Waals surface area contributed by atoms with E-state index in [1.54, 1.807) is 13.3 Å². The molecule has 1 atom stereocenters. The van der Waals surface area contributed by atoms with Crippen molar-refractivity contribution in [3.8, 4) is 5.88 Å². The van der Waals surface area contributed by atoms with Crippen molar-refractivity contribution in [2.75, 3.05) is 7.11 Å². The van der Waals surface area contributed by atoms with Crippen LogP contribution in [0.25, 0.3) is 0 Å². The molecule has 1 aromatic carbocycles. The molecule has 88 valence electrons. The van der Waals surface area contributed by atoms with Crippen molar-refractivity contribution >= 4 is 0 Å². The van der Waals surface area contributed by atoms with Gasteiger partial charge in [0.15, 0.2) is 0 Å². The van der Waals surface area contributed by atoms with Gasteiger partial charge in [-0.3, -0.25) is 0 Å². The van der Waals surface area contributed by atoms with E-state index in [4.69, 9.17) is 10.5 Å². The fourth-order valence-electron chi connectivity index (χ4n) is 1.85. The molecule has 17 heavy (non-hydrogen) atoms. The highest BCUT2D eigenvalue weighted by Gasteiger charge is 2.14. The minimum atomic E-state index is -0.210. The van der Waals surface area contributed by atoms with Gasteiger partial charge in [0.2, 0.25) is 5.88 Å². The molecule has 0 amide bonds. The number of ether oxygens (including phenoxy) is 1. The Morgan fingerprint density at radius 3 is 2.76 bits per heavy atom. The van der Waals surface area contributed by atoms with E-state index in [9.17, 15) is 0 Å². The van der Waals surface area contributed by atoms with Crippen LogP contribution < -0.4 is 10.5 Å². The normalized spacial score (nSPS) is 12.2. The highest BCUT2D eigenvalue weighted by atomic mass is 16.5.